The zero-order chi connectivity index (χ0) is 15.6. The molecule has 0 N–H and O–H groups in total. The third-order valence-corrected chi connectivity index (χ3v) is 3.86. The number of ether oxygens (including phenoxy) is 5. The molecule has 0 aliphatic carbocycles. The lowest BCUT2D eigenvalue weighted by Crippen LogP contribution is -2.46. The standard InChI is InChI=1S/C13H19F3O5/c1-11(2)17-5-6(19-11)8-7(13(14,15)16)9-10(18-8)21-12(3,4)20-9/h6-10H,5H2,1-4H3/t6-,7-,8-,9-,10-/m1/s1. The highest BCUT2D eigenvalue weighted by Gasteiger charge is 2.66. The first kappa shape index (κ1) is 15.5. The molecule has 5 atom stereocenters. The van der Waals surface area contributed by atoms with Crippen LogP contribution in [0.1, 0.15) is 27.7 Å². The van der Waals surface area contributed by atoms with Crippen molar-refractivity contribution >= 4 is 0 Å². The van der Waals surface area contributed by atoms with Crippen LogP contribution >= 0.6 is 0 Å². The summed E-state index contributed by atoms with van der Waals surface area (Å²) in [6.45, 7) is 6.49. The van der Waals surface area contributed by atoms with Crippen molar-refractivity contribution in [2.45, 2.75) is 70.0 Å². The fraction of sp³-hybridized carbons (Fsp3) is 1.00. The van der Waals surface area contributed by atoms with Gasteiger partial charge in [-0.05, 0) is 27.7 Å². The van der Waals surface area contributed by atoms with Crippen molar-refractivity contribution in [1.82, 2.24) is 0 Å². The van der Waals surface area contributed by atoms with Gasteiger partial charge >= 0.3 is 6.18 Å². The molecule has 3 saturated heterocycles. The number of rotatable bonds is 1. The molecule has 0 amide bonds. The van der Waals surface area contributed by atoms with Gasteiger partial charge in [-0.25, -0.2) is 0 Å². The Morgan fingerprint density at radius 1 is 0.905 bits per heavy atom. The summed E-state index contributed by atoms with van der Waals surface area (Å²) in [4.78, 5) is 0. The molecule has 3 heterocycles. The molecule has 3 fully saturated rings. The zero-order valence-electron chi connectivity index (χ0n) is 12.3. The fourth-order valence-corrected chi connectivity index (χ4v) is 3.10. The smallest absolute Gasteiger partial charge is 0.348 e. The molecule has 122 valence electrons. The van der Waals surface area contributed by atoms with E-state index in [9.17, 15) is 13.2 Å². The molecule has 3 rings (SSSR count). The summed E-state index contributed by atoms with van der Waals surface area (Å²) in [6.07, 6.45) is -8.68. The molecule has 5 nitrogen and oxygen atoms in total. The molecular formula is C13H19F3O5. The minimum absolute atomic E-state index is 0.0487. The van der Waals surface area contributed by atoms with Gasteiger partial charge in [-0.2, -0.15) is 13.2 Å². The summed E-state index contributed by atoms with van der Waals surface area (Å²) in [5.41, 5.74) is 0. The van der Waals surface area contributed by atoms with E-state index in [-0.39, 0.29) is 6.61 Å². The van der Waals surface area contributed by atoms with Crippen LogP contribution in [0.25, 0.3) is 0 Å². The highest BCUT2D eigenvalue weighted by Crippen LogP contribution is 2.49. The van der Waals surface area contributed by atoms with Gasteiger partial charge in [-0.1, -0.05) is 0 Å². The maximum atomic E-state index is 13.4. The van der Waals surface area contributed by atoms with Gasteiger partial charge in [0.25, 0.3) is 0 Å². The second-order valence-corrected chi connectivity index (χ2v) is 6.50. The molecule has 21 heavy (non-hydrogen) atoms. The summed E-state index contributed by atoms with van der Waals surface area (Å²) < 4.78 is 67.4. The van der Waals surface area contributed by atoms with Crippen LogP contribution in [0.5, 0.6) is 0 Å². The van der Waals surface area contributed by atoms with Gasteiger partial charge in [0, 0.05) is 0 Å². The molecule has 0 aromatic heterocycles. The van der Waals surface area contributed by atoms with Crippen LogP contribution in [0.15, 0.2) is 0 Å². The number of fused-ring (bicyclic) bond motifs is 1. The second kappa shape index (κ2) is 4.55. The third-order valence-electron chi connectivity index (χ3n) is 3.86. The van der Waals surface area contributed by atoms with E-state index in [1.807, 2.05) is 0 Å². The highest BCUT2D eigenvalue weighted by atomic mass is 19.4. The van der Waals surface area contributed by atoms with Gasteiger partial charge in [0.05, 0.1) is 6.61 Å². The molecule has 0 aromatic carbocycles. The predicted octanol–water partition coefficient (Wildman–Crippen LogP) is 2.19. The van der Waals surface area contributed by atoms with Gasteiger partial charge in [-0.3, -0.25) is 0 Å². The monoisotopic (exact) mass is 312 g/mol. The lowest BCUT2D eigenvalue weighted by atomic mass is 9.94. The molecule has 8 heteroatoms. The Bertz CT molecular complexity index is 423. The van der Waals surface area contributed by atoms with Crippen LogP contribution in [0, 0.1) is 5.92 Å². The molecule has 0 bridgehead atoms. The van der Waals surface area contributed by atoms with Crippen LogP contribution in [0.3, 0.4) is 0 Å². The highest BCUT2D eigenvalue weighted by molar-refractivity contribution is 5.00. The van der Waals surface area contributed by atoms with Crippen molar-refractivity contribution < 1.29 is 36.9 Å². The molecule has 0 saturated carbocycles. The Morgan fingerprint density at radius 3 is 2.10 bits per heavy atom. The third kappa shape index (κ3) is 2.79. The van der Waals surface area contributed by atoms with E-state index < -0.39 is 48.3 Å². The normalized spacial score (nSPS) is 45.0. The molecule has 3 aliphatic heterocycles. The zero-order valence-corrected chi connectivity index (χ0v) is 12.3. The first-order valence-corrected chi connectivity index (χ1v) is 6.88. The average molecular weight is 312 g/mol. The van der Waals surface area contributed by atoms with E-state index >= 15 is 0 Å². The van der Waals surface area contributed by atoms with E-state index in [1.54, 1.807) is 27.7 Å². The number of hydrogen-bond donors (Lipinski definition) is 0. The summed E-state index contributed by atoms with van der Waals surface area (Å²) >= 11 is 0. The number of halogens is 3. The quantitative estimate of drug-likeness (QED) is 0.743. The van der Waals surface area contributed by atoms with E-state index in [1.165, 1.54) is 0 Å². The predicted molar refractivity (Wildman–Crippen MR) is 63.1 cm³/mol. The minimum Gasteiger partial charge on any atom is -0.348 e. The van der Waals surface area contributed by atoms with Crippen LogP contribution in [0.4, 0.5) is 13.2 Å². The van der Waals surface area contributed by atoms with Crippen LogP contribution in [-0.2, 0) is 23.7 Å². The maximum Gasteiger partial charge on any atom is 0.397 e. The Labute approximate surface area is 120 Å². The lowest BCUT2D eigenvalue weighted by molar-refractivity contribution is -0.262. The van der Waals surface area contributed by atoms with Crippen LogP contribution in [0.2, 0.25) is 0 Å². The van der Waals surface area contributed by atoms with E-state index in [0.717, 1.165) is 0 Å². The second-order valence-electron chi connectivity index (χ2n) is 6.50. The Hall–Kier alpha value is -0.410. The molecular weight excluding hydrogens is 293 g/mol. The van der Waals surface area contributed by atoms with Gasteiger partial charge in [0.15, 0.2) is 17.9 Å². The Kier molecular flexibility index (Phi) is 3.35. The van der Waals surface area contributed by atoms with Crippen molar-refractivity contribution in [3.05, 3.63) is 0 Å². The van der Waals surface area contributed by atoms with E-state index in [0.29, 0.717) is 0 Å². The molecule has 0 radical (unpaired) electrons. The van der Waals surface area contributed by atoms with Crippen molar-refractivity contribution in [1.29, 1.82) is 0 Å². The molecule has 0 spiro atoms. The Morgan fingerprint density at radius 2 is 1.57 bits per heavy atom. The first-order valence-electron chi connectivity index (χ1n) is 6.88. The van der Waals surface area contributed by atoms with Gasteiger partial charge in [0.2, 0.25) is 0 Å². The molecule has 0 aromatic rings. The molecule has 0 unspecified atom stereocenters. The van der Waals surface area contributed by atoms with Crippen LogP contribution < -0.4 is 0 Å². The van der Waals surface area contributed by atoms with Gasteiger partial charge in [0.1, 0.15) is 24.2 Å². The lowest BCUT2D eigenvalue weighted by Gasteiger charge is -2.30. The molecule has 3 aliphatic rings. The van der Waals surface area contributed by atoms with Crippen molar-refractivity contribution in [3.8, 4) is 0 Å². The van der Waals surface area contributed by atoms with E-state index in [4.69, 9.17) is 23.7 Å². The van der Waals surface area contributed by atoms with Gasteiger partial charge < -0.3 is 23.7 Å². The SMILES string of the molecule is CC1(C)O[C@H]2O[C@H]([C@H]3COC(C)(C)O3)[C@@H](C(F)(F)F)[C@H]2O1. The summed E-state index contributed by atoms with van der Waals surface area (Å²) in [5.74, 6) is -3.80. The average Bonchev–Trinajstić information content (AvgIpc) is 2.85. The maximum absolute atomic E-state index is 13.4. The fourth-order valence-electron chi connectivity index (χ4n) is 3.10. The Balaban J connectivity index is 1.82. The van der Waals surface area contributed by atoms with Gasteiger partial charge in [-0.15, -0.1) is 0 Å². The largest absolute Gasteiger partial charge is 0.397 e. The summed E-state index contributed by atoms with van der Waals surface area (Å²) in [7, 11) is 0. The van der Waals surface area contributed by atoms with Crippen molar-refractivity contribution in [2.24, 2.45) is 5.92 Å². The van der Waals surface area contributed by atoms with Crippen molar-refractivity contribution in [2.75, 3.05) is 6.61 Å². The van der Waals surface area contributed by atoms with Crippen LogP contribution in [-0.4, -0.2) is 49.0 Å². The topological polar surface area (TPSA) is 46.2 Å². The summed E-state index contributed by atoms with van der Waals surface area (Å²) in [6, 6.07) is 0. The summed E-state index contributed by atoms with van der Waals surface area (Å²) in [5, 5.41) is 0. The van der Waals surface area contributed by atoms with Crippen molar-refractivity contribution in [3.63, 3.8) is 0 Å². The minimum atomic E-state index is -4.47. The number of hydrogen-bond acceptors (Lipinski definition) is 5. The first-order chi connectivity index (χ1) is 9.49. The van der Waals surface area contributed by atoms with E-state index in [2.05, 4.69) is 0 Å². The number of alkyl halides is 3.